The summed E-state index contributed by atoms with van der Waals surface area (Å²) in [6, 6.07) is 7.93. The topological polar surface area (TPSA) is 115 Å². The zero-order chi connectivity index (χ0) is 21.3. The fraction of sp³-hybridized carbons (Fsp3) is 0.263. The molecule has 1 aliphatic heterocycles. The molecular formula is C19H18FN7O3. The molecule has 0 saturated carbocycles. The number of rotatable bonds is 5. The largest absolute Gasteiger partial charge is 0.442 e. The van der Waals surface area contributed by atoms with E-state index in [-0.39, 0.29) is 19.0 Å². The molecule has 0 radical (unpaired) electrons. The molecule has 1 N–H and O–H groups in total. The Kier molecular flexibility index (Phi) is 5.09. The van der Waals surface area contributed by atoms with Gasteiger partial charge in [0.05, 0.1) is 18.8 Å². The molecule has 1 saturated heterocycles. The van der Waals surface area contributed by atoms with Gasteiger partial charge in [0.2, 0.25) is 5.91 Å². The van der Waals surface area contributed by atoms with Crippen LogP contribution in [0.3, 0.4) is 0 Å². The highest BCUT2D eigenvalue weighted by Crippen LogP contribution is 2.29. The van der Waals surface area contributed by atoms with E-state index in [0.29, 0.717) is 28.3 Å². The van der Waals surface area contributed by atoms with E-state index in [1.807, 2.05) is 0 Å². The Bertz CT molecular complexity index is 1100. The van der Waals surface area contributed by atoms with Gasteiger partial charge in [0.25, 0.3) is 0 Å². The van der Waals surface area contributed by atoms with Gasteiger partial charge in [-0.05, 0) is 34.7 Å². The van der Waals surface area contributed by atoms with E-state index in [2.05, 4.69) is 25.8 Å². The number of aromatic nitrogens is 5. The lowest BCUT2D eigenvalue weighted by atomic mass is 10.1. The molecule has 154 valence electrons. The molecule has 1 aliphatic rings. The van der Waals surface area contributed by atoms with E-state index in [1.165, 1.54) is 28.8 Å². The molecule has 2 amide bonds. The highest BCUT2D eigenvalue weighted by molar-refractivity contribution is 5.90. The van der Waals surface area contributed by atoms with Crippen molar-refractivity contribution in [2.24, 2.45) is 7.05 Å². The number of anilines is 1. The summed E-state index contributed by atoms with van der Waals surface area (Å²) in [6.45, 7) is 1.81. The maximum atomic E-state index is 14.8. The Hall–Kier alpha value is -3.89. The zero-order valence-electron chi connectivity index (χ0n) is 16.2. The first-order valence-electron chi connectivity index (χ1n) is 9.13. The maximum absolute atomic E-state index is 14.8. The molecular weight excluding hydrogens is 393 g/mol. The van der Waals surface area contributed by atoms with Gasteiger partial charge in [-0.1, -0.05) is 6.07 Å². The minimum Gasteiger partial charge on any atom is -0.442 e. The van der Waals surface area contributed by atoms with Crippen LogP contribution in [0.25, 0.3) is 22.6 Å². The molecule has 0 aliphatic carbocycles. The standard InChI is InChI=1S/C19H18FN7O3/c1-11(28)21-9-14-10-27(19(29)30-14)13-4-5-15(16(20)7-13)12-3-6-17(22-8-12)18-23-24-25-26(18)2/h3-8,14H,9-10H2,1-2H3,(H,21,28). The van der Waals surface area contributed by atoms with E-state index in [0.717, 1.165) is 0 Å². The van der Waals surface area contributed by atoms with Crippen LogP contribution in [0.1, 0.15) is 6.92 Å². The van der Waals surface area contributed by atoms with Crippen LogP contribution in [0.2, 0.25) is 0 Å². The summed E-state index contributed by atoms with van der Waals surface area (Å²) in [4.78, 5) is 28.8. The van der Waals surface area contributed by atoms with E-state index in [9.17, 15) is 14.0 Å². The molecule has 10 nitrogen and oxygen atoms in total. The van der Waals surface area contributed by atoms with E-state index in [4.69, 9.17) is 4.74 Å². The van der Waals surface area contributed by atoms with Crippen LogP contribution in [-0.2, 0) is 16.6 Å². The molecule has 0 bridgehead atoms. The number of tetrazole rings is 1. The summed E-state index contributed by atoms with van der Waals surface area (Å²) in [6.07, 6.45) is 0.465. The first-order chi connectivity index (χ1) is 14.4. The smallest absolute Gasteiger partial charge is 0.414 e. The molecule has 3 aromatic rings. The molecule has 1 unspecified atom stereocenters. The SMILES string of the molecule is CC(=O)NCC1CN(c2ccc(-c3ccc(-c4nnnn4C)nc3)c(F)c2)C(=O)O1. The minimum atomic E-state index is -0.583. The number of hydrogen-bond acceptors (Lipinski definition) is 7. The van der Waals surface area contributed by atoms with Gasteiger partial charge in [-0.25, -0.2) is 13.9 Å². The number of aryl methyl sites for hydroxylation is 1. The summed E-state index contributed by atoms with van der Waals surface area (Å²) in [5.74, 6) is -0.214. The normalized spacial score (nSPS) is 15.9. The molecule has 1 atom stereocenters. The number of pyridine rings is 1. The second kappa shape index (κ2) is 7.85. The maximum Gasteiger partial charge on any atom is 0.414 e. The van der Waals surface area contributed by atoms with Gasteiger partial charge in [-0.15, -0.1) is 5.10 Å². The lowest BCUT2D eigenvalue weighted by Gasteiger charge is -2.14. The average Bonchev–Trinajstić information content (AvgIpc) is 3.32. The number of cyclic esters (lactones) is 1. The van der Waals surface area contributed by atoms with Crippen LogP contribution in [0.15, 0.2) is 36.5 Å². The molecule has 1 fully saturated rings. The number of carbonyl (C=O) groups is 2. The van der Waals surface area contributed by atoms with Crippen LogP contribution in [0.4, 0.5) is 14.9 Å². The van der Waals surface area contributed by atoms with Crippen molar-refractivity contribution in [2.75, 3.05) is 18.0 Å². The number of amides is 2. The van der Waals surface area contributed by atoms with Gasteiger partial charge in [-0.2, -0.15) is 0 Å². The number of ether oxygens (including phenoxy) is 1. The number of nitrogens with one attached hydrogen (secondary N) is 1. The molecule has 3 heterocycles. The zero-order valence-corrected chi connectivity index (χ0v) is 16.2. The van der Waals surface area contributed by atoms with Crippen LogP contribution in [0.5, 0.6) is 0 Å². The Morgan fingerprint density at radius 3 is 2.80 bits per heavy atom. The van der Waals surface area contributed by atoms with Crippen molar-refractivity contribution in [3.05, 3.63) is 42.3 Å². The molecule has 2 aromatic heterocycles. The number of nitrogens with zero attached hydrogens (tertiary/aromatic N) is 6. The van der Waals surface area contributed by atoms with Gasteiger partial charge < -0.3 is 10.1 Å². The average molecular weight is 411 g/mol. The van der Waals surface area contributed by atoms with Crippen molar-refractivity contribution in [1.29, 1.82) is 0 Å². The van der Waals surface area contributed by atoms with Crippen molar-refractivity contribution in [2.45, 2.75) is 13.0 Å². The third kappa shape index (κ3) is 3.81. The predicted octanol–water partition coefficient (Wildman–Crippen LogP) is 1.54. The summed E-state index contributed by atoms with van der Waals surface area (Å²) in [7, 11) is 1.70. The van der Waals surface area contributed by atoms with Gasteiger partial charge in [0, 0.05) is 31.3 Å². The lowest BCUT2D eigenvalue weighted by molar-refractivity contribution is -0.119. The van der Waals surface area contributed by atoms with Crippen molar-refractivity contribution in [1.82, 2.24) is 30.5 Å². The highest BCUT2D eigenvalue weighted by atomic mass is 19.1. The molecule has 4 rings (SSSR count). The van der Waals surface area contributed by atoms with Crippen molar-refractivity contribution >= 4 is 17.7 Å². The van der Waals surface area contributed by atoms with Crippen molar-refractivity contribution in [3.63, 3.8) is 0 Å². The van der Waals surface area contributed by atoms with Crippen molar-refractivity contribution in [3.8, 4) is 22.6 Å². The summed E-state index contributed by atoms with van der Waals surface area (Å²) in [5.41, 5.74) is 1.86. The van der Waals surface area contributed by atoms with Gasteiger partial charge in [-0.3, -0.25) is 14.7 Å². The van der Waals surface area contributed by atoms with E-state index < -0.39 is 18.0 Å². The number of halogens is 1. The fourth-order valence-corrected chi connectivity index (χ4v) is 3.13. The predicted molar refractivity (Wildman–Crippen MR) is 104 cm³/mol. The third-order valence-corrected chi connectivity index (χ3v) is 4.64. The van der Waals surface area contributed by atoms with Crippen LogP contribution < -0.4 is 10.2 Å². The van der Waals surface area contributed by atoms with Crippen LogP contribution in [0, 0.1) is 5.82 Å². The number of hydrogen-bond donors (Lipinski definition) is 1. The highest BCUT2D eigenvalue weighted by Gasteiger charge is 2.32. The number of carbonyl (C=O) groups excluding carboxylic acids is 2. The first kappa shape index (κ1) is 19.4. The second-order valence-electron chi connectivity index (χ2n) is 6.78. The van der Waals surface area contributed by atoms with Crippen LogP contribution in [-0.4, -0.2) is 56.4 Å². The molecule has 11 heteroatoms. The molecule has 1 aromatic carbocycles. The first-order valence-corrected chi connectivity index (χ1v) is 9.13. The van der Waals surface area contributed by atoms with Crippen molar-refractivity contribution < 1.29 is 18.7 Å². The number of benzene rings is 1. The van der Waals surface area contributed by atoms with Gasteiger partial charge in [0.1, 0.15) is 17.6 Å². The third-order valence-electron chi connectivity index (χ3n) is 4.64. The summed E-state index contributed by atoms with van der Waals surface area (Å²) in [5, 5.41) is 13.8. The Morgan fingerprint density at radius 2 is 2.17 bits per heavy atom. The second-order valence-corrected chi connectivity index (χ2v) is 6.78. The van der Waals surface area contributed by atoms with Crippen LogP contribution >= 0.6 is 0 Å². The summed E-state index contributed by atoms with van der Waals surface area (Å²) < 4.78 is 21.5. The van der Waals surface area contributed by atoms with Gasteiger partial charge >= 0.3 is 6.09 Å². The van der Waals surface area contributed by atoms with E-state index >= 15 is 0 Å². The van der Waals surface area contributed by atoms with Gasteiger partial charge in [0.15, 0.2) is 5.82 Å². The Morgan fingerprint density at radius 1 is 1.33 bits per heavy atom. The molecule has 0 spiro atoms. The summed E-state index contributed by atoms with van der Waals surface area (Å²) >= 11 is 0. The molecule has 30 heavy (non-hydrogen) atoms. The minimum absolute atomic E-state index is 0.206. The van der Waals surface area contributed by atoms with E-state index in [1.54, 1.807) is 31.3 Å². The quantitative estimate of drug-likeness (QED) is 0.677. The monoisotopic (exact) mass is 411 g/mol. The lowest BCUT2D eigenvalue weighted by Crippen LogP contribution is -2.33. The Balaban J connectivity index is 1.52. The fourth-order valence-electron chi connectivity index (χ4n) is 3.13. The Labute approximate surface area is 170 Å².